The van der Waals surface area contributed by atoms with Gasteiger partial charge in [0, 0.05) is 32.1 Å². The Morgan fingerprint density at radius 2 is 2.04 bits per heavy atom. The quantitative estimate of drug-likeness (QED) is 0.786. The fourth-order valence-electron chi connectivity index (χ4n) is 2.70. The van der Waals surface area contributed by atoms with Gasteiger partial charge in [0.2, 0.25) is 0 Å². The zero-order valence-corrected chi connectivity index (χ0v) is 14.1. The molecular weight excluding hydrogens is 331 g/mol. The first-order chi connectivity index (χ1) is 11.5. The van der Waals surface area contributed by atoms with Gasteiger partial charge in [-0.1, -0.05) is 17.7 Å². The Hall–Kier alpha value is -2.14. The van der Waals surface area contributed by atoms with E-state index in [0.29, 0.717) is 23.4 Å². The second-order valence-electron chi connectivity index (χ2n) is 5.89. The van der Waals surface area contributed by atoms with E-state index in [0.717, 1.165) is 18.9 Å². The molecule has 1 saturated heterocycles. The van der Waals surface area contributed by atoms with Gasteiger partial charge in [-0.25, -0.2) is 14.2 Å². The molecule has 24 heavy (non-hydrogen) atoms. The van der Waals surface area contributed by atoms with E-state index in [1.807, 2.05) is 12.1 Å². The van der Waals surface area contributed by atoms with Crippen molar-refractivity contribution in [2.24, 2.45) is 0 Å². The van der Waals surface area contributed by atoms with Crippen LogP contribution < -0.4 is 4.90 Å². The highest BCUT2D eigenvalue weighted by Gasteiger charge is 2.23. The van der Waals surface area contributed by atoms with Crippen molar-refractivity contribution in [2.75, 3.05) is 18.0 Å². The monoisotopic (exact) mass is 348 g/mol. The van der Waals surface area contributed by atoms with Crippen LogP contribution in [-0.4, -0.2) is 30.1 Å². The number of halogens is 2. The first kappa shape index (κ1) is 16.7. The molecule has 0 spiro atoms. The molecule has 0 unspecified atom stereocenters. The molecule has 6 heteroatoms. The summed E-state index contributed by atoms with van der Waals surface area (Å²) in [6.45, 7) is 3.15. The number of nitrogens with zero attached hydrogens (tertiary/aromatic N) is 2. The summed E-state index contributed by atoms with van der Waals surface area (Å²) < 4.78 is 19.1. The normalized spacial score (nSPS) is 15.4. The lowest BCUT2D eigenvalue weighted by molar-refractivity contribution is 0.0244. The van der Waals surface area contributed by atoms with Gasteiger partial charge in [0.25, 0.3) is 0 Å². The fourth-order valence-corrected chi connectivity index (χ4v) is 2.81. The largest absolute Gasteiger partial charge is 0.459 e. The van der Waals surface area contributed by atoms with Gasteiger partial charge >= 0.3 is 5.97 Å². The molecule has 1 fully saturated rings. The van der Waals surface area contributed by atoms with Crippen molar-refractivity contribution in [3.05, 3.63) is 58.5 Å². The van der Waals surface area contributed by atoms with E-state index in [-0.39, 0.29) is 11.7 Å². The van der Waals surface area contributed by atoms with Gasteiger partial charge < -0.3 is 9.64 Å². The Bertz CT molecular complexity index is 728. The van der Waals surface area contributed by atoms with Crippen LogP contribution in [0.2, 0.25) is 5.02 Å². The van der Waals surface area contributed by atoms with Crippen LogP contribution in [0.4, 0.5) is 10.2 Å². The molecule has 0 amide bonds. The van der Waals surface area contributed by atoms with Crippen LogP contribution in [0.3, 0.4) is 0 Å². The van der Waals surface area contributed by atoms with Crippen LogP contribution in [0.15, 0.2) is 36.5 Å². The van der Waals surface area contributed by atoms with E-state index in [2.05, 4.69) is 9.88 Å². The van der Waals surface area contributed by atoms with Crippen molar-refractivity contribution in [1.29, 1.82) is 0 Å². The number of piperidine rings is 1. The summed E-state index contributed by atoms with van der Waals surface area (Å²) in [6.07, 6.45) is 2.88. The molecule has 2 heterocycles. The number of hydrogen-bond donors (Lipinski definition) is 0. The molecule has 1 aliphatic heterocycles. The minimum Gasteiger partial charge on any atom is -0.459 e. The van der Waals surface area contributed by atoms with Crippen molar-refractivity contribution in [3.63, 3.8) is 0 Å². The van der Waals surface area contributed by atoms with Crippen molar-refractivity contribution in [2.45, 2.75) is 25.9 Å². The molecule has 1 aromatic carbocycles. The Balaban J connectivity index is 1.56. The molecule has 1 aromatic heterocycles. The number of rotatable bonds is 3. The number of anilines is 1. The first-order valence-electron chi connectivity index (χ1n) is 7.86. The average molecular weight is 349 g/mol. The fraction of sp³-hybridized carbons (Fsp3) is 0.333. The lowest BCUT2D eigenvalue weighted by atomic mass is 10.1. The SMILES string of the molecule is Cc1ccc(C(=O)OC2CCN(c3ccc(Cl)cn3)CC2)cc1F. The van der Waals surface area contributed by atoms with Crippen molar-refractivity contribution < 1.29 is 13.9 Å². The highest BCUT2D eigenvalue weighted by molar-refractivity contribution is 6.30. The highest BCUT2D eigenvalue weighted by atomic mass is 35.5. The molecule has 1 aliphatic rings. The topological polar surface area (TPSA) is 42.4 Å². The number of carbonyl (C=O) groups excluding carboxylic acids is 1. The van der Waals surface area contributed by atoms with E-state index >= 15 is 0 Å². The molecule has 0 atom stereocenters. The van der Waals surface area contributed by atoms with Crippen molar-refractivity contribution >= 4 is 23.4 Å². The number of benzene rings is 1. The van der Waals surface area contributed by atoms with Gasteiger partial charge in [0.1, 0.15) is 17.7 Å². The minimum atomic E-state index is -0.475. The van der Waals surface area contributed by atoms with Gasteiger partial charge in [0.15, 0.2) is 0 Å². The van der Waals surface area contributed by atoms with Crippen LogP contribution in [0.1, 0.15) is 28.8 Å². The first-order valence-corrected chi connectivity index (χ1v) is 8.24. The van der Waals surface area contributed by atoms with Gasteiger partial charge in [-0.2, -0.15) is 0 Å². The second kappa shape index (κ2) is 7.18. The standard InChI is InChI=1S/C18H18ClFN2O2/c1-12-2-3-13(10-16(12)20)18(23)24-15-6-8-22(9-7-15)17-5-4-14(19)11-21-17/h2-5,10-11,15H,6-9H2,1H3. The van der Waals surface area contributed by atoms with Crippen LogP contribution in [0.5, 0.6) is 0 Å². The number of hydrogen-bond acceptors (Lipinski definition) is 4. The second-order valence-corrected chi connectivity index (χ2v) is 6.33. The third-order valence-corrected chi connectivity index (χ3v) is 4.38. The summed E-state index contributed by atoms with van der Waals surface area (Å²) in [7, 11) is 0. The molecular formula is C18H18ClFN2O2. The van der Waals surface area contributed by atoms with Gasteiger partial charge in [0.05, 0.1) is 10.6 Å². The minimum absolute atomic E-state index is 0.162. The lowest BCUT2D eigenvalue weighted by Gasteiger charge is -2.32. The molecule has 0 saturated carbocycles. The molecule has 0 radical (unpaired) electrons. The van der Waals surface area contributed by atoms with Gasteiger partial charge in [-0.05, 0) is 36.8 Å². The summed E-state index contributed by atoms with van der Waals surface area (Å²) in [5.74, 6) is -0.00479. The number of esters is 1. The zero-order valence-electron chi connectivity index (χ0n) is 13.3. The number of pyridine rings is 1. The summed E-state index contributed by atoms with van der Waals surface area (Å²) in [5, 5.41) is 0.605. The van der Waals surface area contributed by atoms with Crippen LogP contribution in [0, 0.1) is 12.7 Å². The Morgan fingerprint density at radius 1 is 1.29 bits per heavy atom. The predicted molar refractivity (Wildman–Crippen MR) is 91.0 cm³/mol. The highest BCUT2D eigenvalue weighted by Crippen LogP contribution is 2.22. The smallest absolute Gasteiger partial charge is 0.338 e. The van der Waals surface area contributed by atoms with Crippen LogP contribution in [0.25, 0.3) is 0 Å². The van der Waals surface area contributed by atoms with Crippen LogP contribution >= 0.6 is 11.6 Å². The van der Waals surface area contributed by atoms with Gasteiger partial charge in [-0.3, -0.25) is 0 Å². The summed E-state index contributed by atoms with van der Waals surface area (Å²) in [6, 6.07) is 8.09. The maximum absolute atomic E-state index is 13.6. The maximum Gasteiger partial charge on any atom is 0.338 e. The van der Waals surface area contributed by atoms with Gasteiger partial charge in [-0.15, -0.1) is 0 Å². The third-order valence-electron chi connectivity index (χ3n) is 4.16. The number of aromatic nitrogens is 1. The molecule has 0 aliphatic carbocycles. The summed E-state index contributed by atoms with van der Waals surface area (Å²) >= 11 is 5.84. The molecule has 3 rings (SSSR count). The summed E-state index contributed by atoms with van der Waals surface area (Å²) in [5.41, 5.74) is 0.759. The Labute approximate surface area is 145 Å². The average Bonchev–Trinajstić information content (AvgIpc) is 2.59. The number of ether oxygens (including phenoxy) is 1. The summed E-state index contributed by atoms with van der Waals surface area (Å²) in [4.78, 5) is 18.6. The van der Waals surface area contributed by atoms with E-state index < -0.39 is 11.8 Å². The molecule has 0 N–H and O–H groups in total. The van der Waals surface area contributed by atoms with E-state index in [9.17, 15) is 9.18 Å². The molecule has 0 bridgehead atoms. The predicted octanol–water partition coefficient (Wildman–Crippen LogP) is 4.01. The van der Waals surface area contributed by atoms with Crippen molar-refractivity contribution in [1.82, 2.24) is 4.98 Å². The molecule has 4 nitrogen and oxygen atoms in total. The Morgan fingerprint density at radius 3 is 2.67 bits per heavy atom. The third kappa shape index (κ3) is 3.85. The lowest BCUT2D eigenvalue weighted by Crippen LogP contribution is -2.38. The van der Waals surface area contributed by atoms with E-state index in [1.165, 1.54) is 6.07 Å². The Kier molecular flexibility index (Phi) is 5.00. The van der Waals surface area contributed by atoms with Crippen molar-refractivity contribution in [3.8, 4) is 0 Å². The van der Waals surface area contributed by atoms with Crippen LogP contribution in [-0.2, 0) is 4.74 Å². The zero-order chi connectivity index (χ0) is 17.1. The number of aryl methyl sites for hydroxylation is 1. The molecule has 126 valence electrons. The maximum atomic E-state index is 13.6. The van der Waals surface area contributed by atoms with E-state index in [4.69, 9.17) is 16.3 Å². The molecule has 2 aromatic rings. The number of carbonyl (C=O) groups is 1. The van der Waals surface area contributed by atoms with E-state index in [1.54, 1.807) is 25.3 Å².